The first-order valence-electron chi connectivity index (χ1n) is 3.95. The molecule has 0 aliphatic carbocycles. The second-order valence-electron chi connectivity index (χ2n) is 2.92. The van der Waals surface area contributed by atoms with Gasteiger partial charge in [-0.1, -0.05) is 0 Å². The Morgan fingerprint density at radius 1 is 1.40 bits per heavy atom. The van der Waals surface area contributed by atoms with Gasteiger partial charge in [-0.15, -0.1) is 0 Å². The van der Waals surface area contributed by atoms with Crippen LogP contribution in [-0.4, -0.2) is 22.4 Å². The molecule has 1 aromatic carbocycles. The maximum Gasteiger partial charge on any atom is 0.338 e. The van der Waals surface area contributed by atoms with Gasteiger partial charge in [-0.25, -0.2) is 9.18 Å². The molecule has 1 aromatic rings. The number of rotatable bonds is 3. The fourth-order valence-corrected chi connectivity index (χ4v) is 2.31. The van der Waals surface area contributed by atoms with Crippen molar-refractivity contribution in [3.05, 3.63) is 26.6 Å². The van der Waals surface area contributed by atoms with Gasteiger partial charge in [0.2, 0.25) is 6.17 Å². The van der Waals surface area contributed by atoms with Crippen LogP contribution in [0.3, 0.4) is 0 Å². The summed E-state index contributed by atoms with van der Waals surface area (Å²) in [7, 11) is 0. The summed E-state index contributed by atoms with van der Waals surface area (Å²) < 4.78 is 13.7. The van der Waals surface area contributed by atoms with Gasteiger partial charge in [-0.05, 0) is 49.6 Å². The summed E-state index contributed by atoms with van der Waals surface area (Å²) in [6.07, 6.45) is -2.17. The van der Waals surface area contributed by atoms with Crippen molar-refractivity contribution in [3.8, 4) is 5.75 Å². The summed E-state index contributed by atoms with van der Waals surface area (Å²) in [5.41, 5.74) is 0.487. The van der Waals surface area contributed by atoms with E-state index in [0.29, 0.717) is 14.5 Å². The number of phenolic OH excluding ortho intramolecular Hbond substituents is 1. The van der Waals surface area contributed by atoms with E-state index in [1.54, 1.807) is 0 Å². The highest BCUT2D eigenvalue weighted by molar-refractivity contribution is 9.11. The molecular weight excluding hydrogens is 335 g/mol. The third-order valence-electron chi connectivity index (χ3n) is 1.76. The monoisotopic (exact) mass is 340 g/mol. The van der Waals surface area contributed by atoms with Gasteiger partial charge in [0.1, 0.15) is 5.75 Å². The Bertz CT molecular complexity index is 372. The van der Waals surface area contributed by atoms with E-state index in [1.165, 1.54) is 12.1 Å². The molecule has 2 N–H and O–H groups in total. The van der Waals surface area contributed by atoms with Gasteiger partial charge < -0.3 is 10.2 Å². The third-order valence-corrected chi connectivity index (χ3v) is 2.97. The fraction of sp³-hybridized carbons (Fsp3) is 0.222. The lowest BCUT2D eigenvalue weighted by atomic mass is 10.1. The number of aromatic hydroxyl groups is 1. The van der Waals surface area contributed by atoms with E-state index in [2.05, 4.69) is 31.9 Å². The minimum absolute atomic E-state index is 0.00415. The normalized spacial score (nSPS) is 12.5. The molecular formula is C9H7Br2FO3. The summed E-state index contributed by atoms with van der Waals surface area (Å²) in [6.45, 7) is 0. The highest BCUT2D eigenvalue weighted by atomic mass is 79.9. The van der Waals surface area contributed by atoms with Crippen molar-refractivity contribution in [2.24, 2.45) is 0 Å². The molecule has 0 spiro atoms. The van der Waals surface area contributed by atoms with Gasteiger partial charge in [-0.2, -0.15) is 0 Å². The Labute approximate surface area is 102 Å². The smallest absolute Gasteiger partial charge is 0.338 e. The molecule has 6 heteroatoms. The van der Waals surface area contributed by atoms with Gasteiger partial charge in [0.05, 0.1) is 8.95 Å². The minimum Gasteiger partial charge on any atom is -0.506 e. The summed E-state index contributed by atoms with van der Waals surface area (Å²) in [5, 5.41) is 17.8. The van der Waals surface area contributed by atoms with Crippen LogP contribution in [0, 0.1) is 0 Å². The molecule has 3 nitrogen and oxygen atoms in total. The zero-order valence-corrected chi connectivity index (χ0v) is 10.5. The van der Waals surface area contributed by atoms with Crippen molar-refractivity contribution < 1.29 is 19.4 Å². The third kappa shape index (κ3) is 3.17. The number of halogens is 3. The minimum atomic E-state index is -1.94. The van der Waals surface area contributed by atoms with E-state index in [1.807, 2.05) is 0 Å². The lowest BCUT2D eigenvalue weighted by Crippen LogP contribution is -2.17. The number of alkyl halides is 1. The number of aliphatic carboxylic acids is 1. The van der Waals surface area contributed by atoms with Crippen LogP contribution in [0.1, 0.15) is 5.56 Å². The van der Waals surface area contributed by atoms with Crippen LogP contribution in [0.15, 0.2) is 21.1 Å². The highest BCUT2D eigenvalue weighted by Crippen LogP contribution is 2.33. The average molecular weight is 342 g/mol. The number of hydrogen-bond acceptors (Lipinski definition) is 2. The number of carboxylic acids is 1. The first-order valence-corrected chi connectivity index (χ1v) is 5.54. The maximum absolute atomic E-state index is 12.9. The molecule has 0 heterocycles. The molecule has 82 valence electrons. The van der Waals surface area contributed by atoms with E-state index >= 15 is 0 Å². The van der Waals surface area contributed by atoms with E-state index in [0.717, 1.165) is 0 Å². The van der Waals surface area contributed by atoms with Crippen LogP contribution in [0.4, 0.5) is 4.39 Å². The Kier molecular flexibility index (Phi) is 4.10. The zero-order valence-electron chi connectivity index (χ0n) is 7.38. The second kappa shape index (κ2) is 4.94. The molecule has 1 atom stereocenters. The van der Waals surface area contributed by atoms with E-state index in [4.69, 9.17) is 5.11 Å². The van der Waals surface area contributed by atoms with Crippen LogP contribution >= 0.6 is 31.9 Å². The predicted molar refractivity (Wildman–Crippen MR) is 59.7 cm³/mol. The Morgan fingerprint density at radius 2 is 1.87 bits per heavy atom. The maximum atomic E-state index is 12.9. The predicted octanol–water partition coefficient (Wildman–Crippen LogP) is 2.88. The molecule has 0 amide bonds. The van der Waals surface area contributed by atoms with Crippen molar-refractivity contribution in [1.82, 2.24) is 0 Å². The molecule has 0 bridgehead atoms. The second-order valence-corrected chi connectivity index (χ2v) is 4.63. The molecule has 1 unspecified atom stereocenters. The Balaban J connectivity index is 2.92. The van der Waals surface area contributed by atoms with Crippen molar-refractivity contribution in [3.63, 3.8) is 0 Å². The molecule has 0 fully saturated rings. The molecule has 0 aliphatic rings. The van der Waals surface area contributed by atoms with Crippen molar-refractivity contribution >= 4 is 37.8 Å². The zero-order chi connectivity index (χ0) is 11.6. The standard InChI is InChI=1S/C9H7Br2FO3/c10-5-1-4(2-6(11)8(5)13)3-7(12)9(14)15/h1-2,7,13H,3H2,(H,14,15). The van der Waals surface area contributed by atoms with Gasteiger partial charge >= 0.3 is 5.97 Å². The van der Waals surface area contributed by atoms with Gasteiger partial charge in [-0.3, -0.25) is 0 Å². The highest BCUT2D eigenvalue weighted by Gasteiger charge is 2.17. The number of hydrogen-bond donors (Lipinski definition) is 2. The molecule has 0 saturated heterocycles. The fourth-order valence-electron chi connectivity index (χ4n) is 1.03. The number of carbonyl (C=O) groups is 1. The SMILES string of the molecule is O=C(O)C(F)Cc1cc(Br)c(O)c(Br)c1. The van der Waals surface area contributed by atoms with Crippen molar-refractivity contribution in [2.75, 3.05) is 0 Å². The van der Waals surface area contributed by atoms with Crippen molar-refractivity contribution in [1.29, 1.82) is 0 Å². The average Bonchev–Trinajstić information content (AvgIpc) is 2.13. The first-order chi connectivity index (χ1) is 6.91. The van der Waals surface area contributed by atoms with E-state index in [9.17, 15) is 14.3 Å². The molecule has 0 aliphatic heterocycles. The number of phenols is 1. The molecule has 0 saturated carbocycles. The largest absolute Gasteiger partial charge is 0.506 e. The lowest BCUT2D eigenvalue weighted by Gasteiger charge is -2.06. The van der Waals surface area contributed by atoms with Gasteiger partial charge in [0.25, 0.3) is 0 Å². The quantitative estimate of drug-likeness (QED) is 0.888. The van der Waals surface area contributed by atoms with Gasteiger partial charge in [0.15, 0.2) is 0 Å². The number of benzene rings is 1. The first kappa shape index (κ1) is 12.4. The molecule has 15 heavy (non-hydrogen) atoms. The summed E-state index contributed by atoms with van der Waals surface area (Å²) >= 11 is 6.15. The number of carboxylic acid groups (broad SMARTS) is 1. The van der Waals surface area contributed by atoms with Gasteiger partial charge in [0, 0.05) is 6.42 Å². The molecule has 0 radical (unpaired) electrons. The van der Waals surface area contributed by atoms with Crippen LogP contribution in [0.25, 0.3) is 0 Å². The van der Waals surface area contributed by atoms with Crippen LogP contribution < -0.4 is 0 Å². The van der Waals surface area contributed by atoms with Crippen LogP contribution in [0.2, 0.25) is 0 Å². The van der Waals surface area contributed by atoms with E-state index in [-0.39, 0.29) is 12.2 Å². The molecule has 1 rings (SSSR count). The molecule has 0 aromatic heterocycles. The summed E-state index contributed by atoms with van der Waals surface area (Å²) in [4.78, 5) is 10.3. The Hall–Kier alpha value is -0.620. The summed E-state index contributed by atoms with van der Waals surface area (Å²) in [6, 6.07) is 2.96. The lowest BCUT2D eigenvalue weighted by molar-refractivity contribution is -0.142. The van der Waals surface area contributed by atoms with Crippen LogP contribution in [0.5, 0.6) is 5.75 Å². The van der Waals surface area contributed by atoms with Crippen molar-refractivity contribution in [2.45, 2.75) is 12.6 Å². The Morgan fingerprint density at radius 3 is 2.27 bits per heavy atom. The van der Waals surface area contributed by atoms with Crippen LogP contribution in [-0.2, 0) is 11.2 Å². The summed E-state index contributed by atoms with van der Waals surface area (Å²) in [5.74, 6) is -1.49. The van der Waals surface area contributed by atoms with E-state index < -0.39 is 12.1 Å². The topological polar surface area (TPSA) is 57.5 Å².